The molecule has 0 radical (unpaired) electrons. The predicted octanol–water partition coefficient (Wildman–Crippen LogP) is 5.42. The molecule has 0 heterocycles. The van der Waals surface area contributed by atoms with E-state index in [-0.39, 0.29) is 18.0 Å². The Morgan fingerprint density at radius 1 is 1.32 bits per heavy atom. The fourth-order valence-electron chi connectivity index (χ4n) is 6.81. The van der Waals surface area contributed by atoms with Gasteiger partial charge in [0.15, 0.2) is 6.61 Å². The summed E-state index contributed by atoms with van der Waals surface area (Å²) < 4.78 is 5.02. The molecule has 3 aliphatic rings. The molecule has 204 valence electrons. The maximum Gasteiger partial charge on any atom is 0.303 e. The summed E-state index contributed by atoms with van der Waals surface area (Å²) in [7, 11) is 0. The zero-order valence-corrected chi connectivity index (χ0v) is 23.3. The topological polar surface area (TPSA) is 87.0 Å². The molecule has 37 heavy (non-hydrogen) atoms. The summed E-state index contributed by atoms with van der Waals surface area (Å²) >= 11 is 0. The summed E-state index contributed by atoms with van der Waals surface area (Å²) in [5.74, 6) is 7.43. The first-order chi connectivity index (χ1) is 17.3. The monoisotopic (exact) mass is 510 g/mol. The Hall–Kier alpha value is -2.13. The fourth-order valence-corrected chi connectivity index (χ4v) is 6.81. The minimum Gasteiger partial charge on any atom is -0.453 e. The number of hydrogen-bond acceptors (Lipinski definition) is 5. The Balaban J connectivity index is 1.89. The molecular formula is C32H46O5. The van der Waals surface area contributed by atoms with Crippen LogP contribution in [0.5, 0.6) is 0 Å². The minimum absolute atomic E-state index is 0.0568. The largest absolute Gasteiger partial charge is 0.453 e. The number of carbonyl (C=O) groups excluding carboxylic acids is 1. The zero-order chi connectivity index (χ0) is 27.4. The van der Waals surface area contributed by atoms with Gasteiger partial charge in [0.25, 0.3) is 0 Å². The molecule has 0 aromatic heterocycles. The standard InChI is InChI=1S/C32H46O5/c1-21(9-7-15-31(4,5)36)28-13-14-29-26(12-11-25-18-27(34)19-30(35)22(25)2)17-24(20-32(28,29)6)10-8-16-37-23(3)33/h11-12,17,21,27-30,34-36H,2,7,9,13-16,18-20H2,1,3-6H3/b25-11-,26-12+/t21-,27-,28-,29+,30+,32-/m1/s1. The van der Waals surface area contributed by atoms with Crippen molar-refractivity contribution in [3.63, 3.8) is 0 Å². The lowest BCUT2D eigenvalue weighted by Gasteiger charge is -2.43. The van der Waals surface area contributed by atoms with Crippen molar-refractivity contribution in [2.75, 3.05) is 6.61 Å². The lowest BCUT2D eigenvalue weighted by molar-refractivity contribution is -0.139. The van der Waals surface area contributed by atoms with Crippen LogP contribution in [-0.2, 0) is 9.53 Å². The van der Waals surface area contributed by atoms with Crippen LogP contribution in [-0.4, -0.2) is 45.7 Å². The first kappa shape index (κ1) is 29.4. The Bertz CT molecular complexity index is 1010. The molecule has 6 atom stereocenters. The van der Waals surface area contributed by atoms with E-state index in [4.69, 9.17) is 4.74 Å². The Kier molecular flexibility index (Phi) is 9.67. The average Bonchev–Trinajstić information content (AvgIpc) is 3.14. The van der Waals surface area contributed by atoms with E-state index in [2.05, 4.69) is 44.4 Å². The van der Waals surface area contributed by atoms with Crippen LogP contribution < -0.4 is 0 Å². The zero-order valence-electron chi connectivity index (χ0n) is 23.3. The number of hydrogen-bond donors (Lipinski definition) is 3. The average molecular weight is 511 g/mol. The lowest BCUT2D eigenvalue weighted by atomic mass is 9.61. The molecule has 3 aliphatic carbocycles. The molecule has 3 rings (SSSR count). The van der Waals surface area contributed by atoms with E-state index in [9.17, 15) is 20.1 Å². The second-order valence-electron chi connectivity index (χ2n) is 12.3. The molecule has 0 saturated heterocycles. The van der Waals surface area contributed by atoms with Gasteiger partial charge in [0.2, 0.25) is 0 Å². The maximum absolute atomic E-state index is 11.1. The van der Waals surface area contributed by atoms with Gasteiger partial charge in [-0.1, -0.05) is 57.3 Å². The second kappa shape index (κ2) is 12.2. The molecule has 5 nitrogen and oxygen atoms in total. The molecule has 2 fully saturated rings. The van der Waals surface area contributed by atoms with Crippen molar-refractivity contribution in [2.45, 2.75) is 104 Å². The minimum atomic E-state index is -0.705. The van der Waals surface area contributed by atoms with Gasteiger partial charge in [0.05, 0.1) is 17.8 Å². The number of fused-ring (bicyclic) bond motifs is 1. The van der Waals surface area contributed by atoms with E-state index in [1.807, 2.05) is 19.9 Å². The van der Waals surface area contributed by atoms with E-state index in [1.54, 1.807) is 0 Å². The van der Waals surface area contributed by atoms with Crippen molar-refractivity contribution in [1.82, 2.24) is 0 Å². The van der Waals surface area contributed by atoms with Crippen molar-refractivity contribution in [2.24, 2.45) is 23.2 Å². The van der Waals surface area contributed by atoms with Gasteiger partial charge in [-0.15, -0.1) is 0 Å². The van der Waals surface area contributed by atoms with Gasteiger partial charge in [-0.3, -0.25) is 4.79 Å². The SMILES string of the molecule is C=C1/C(=C\C=C2/C=C(C#CCOC(C)=O)C[C@]3(C)[C@@H]([C@H](C)CCCC(C)(C)O)CC[C@@H]23)C[C@@H](O)C[C@@H]1O. The van der Waals surface area contributed by atoms with E-state index >= 15 is 0 Å². The Morgan fingerprint density at radius 3 is 2.73 bits per heavy atom. The highest BCUT2D eigenvalue weighted by atomic mass is 16.5. The van der Waals surface area contributed by atoms with Crippen LogP contribution in [0.2, 0.25) is 0 Å². The predicted molar refractivity (Wildman–Crippen MR) is 147 cm³/mol. The van der Waals surface area contributed by atoms with Gasteiger partial charge in [-0.25, -0.2) is 0 Å². The van der Waals surface area contributed by atoms with Crippen LogP contribution in [0.1, 0.15) is 86.0 Å². The summed E-state index contributed by atoms with van der Waals surface area (Å²) in [6.45, 7) is 14.0. The van der Waals surface area contributed by atoms with Gasteiger partial charge < -0.3 is 20.1 Å². The highest BCUT2D eigenvalue weighted by molar-refractivity contribution is 5.66. The first-order valence-electron chi connectivity index (χ1n) is 13.8. The van der Waals surface area contributed by atoms with Crippen molar-refractivity contribution >= 4 is 5.97 Å². The highest BCUT2D eigenvalue weighted by Crippen LogP contribution is 2.59. The van der Waals surface area contributed by atoms with Crippen LogP contribution in [0.3, 0.4) is 0 Å². The molecule has 2 saturated carbocycles. The van der Waals surface area contributed by atoms with Gasteiger partial charge in [-0.2, -0.15) is 0 Å². The number of esters is 1. The Morgan fingerprint density at radius 2 is 2.05 bits per heavy atom. The molecule has 3 N–H and O–H groups in total. The summed E-state index contributed by atoms with van der Waals surface area (Å²) in [6.07, 6.45) is 12.0. The van der Waals surface area contributed by atoms with E-state index in [0.29, 0.717) is 36.2 Å². The molecule has 0 spiro atoms. The van der Waals surface area contributed by atoms with E-state index in [1.165, 1.54) is 12.5 Å². The van der Waals surface area contributed by atoms with Crippen LogP contribution in [0.4, 0.5) is 0 Å². The van der Waals surface area contributed by atoms with Crippen molar-refractivity contribution in [3.8, 4) is 11.8 Å². The molecule has 5 heteroatoms. The number of rotatable bonds is 7. The smallest absolute Gasteiger partial charge is 0.303 e. The summed E-state index contributed by atoms with van der Waals surface area (Å²) in [6, 6.07) is 0. The maximum atomic E-state index is 11.1. The van der Waals surface area contributed by atoms with Crippen LogP contribution >= 0.6 is 0 Å². The number of carbonyl (C=O) groups is 1. The molecule has 0 unspecified atom stereocenters. The van der Waals surface area contributed by atoms with Gasteiger partial charge in [0.1, 0.15) is 0 Å². The van der Waals surface area contributed by atoms with Crippen molar-refractivity contribution in [1.29, 1.82) is 0 Å². The van der Waals surface area contributed by atoms with Gasteiger partial charge in [-0.05, 0) is 91.9 Å². The fraction of sp³-hybridized carbons (Fsp3) is 0.656. The quantitative estimate of drug-likeness (QED) is 0.315. The first-order valence-corrected chi connectivity index (χ1v) is 13.8. The Labute approximate surface area is 223 Å². The molecule has 0 bridgehead atoms. The second-order valence-corrected chi connectivity index (χ2v) is 12.3. The van der Waals surface area contributed by atoms with Crippen LogP contribution in [0.15, 0.2) is 47.1 Å². The van der Waals surface area contributed by atoms with E-state index < -0.39 is 17.8 Å². The van der Waals surface area contributed by atoms with Gasteiger partial charge in [0, 0.05) is 18.9 Å². The van der Waals surface area contributed by atoms with Gasteiger partial charge >= 0.3 is 5.97 Å². The lowest BCUT2D eigenvalue weighted by Crippen LogP contribution is -2.36. The third-order valence-corrected chi connectivity index (χ3v) is 8.70. The third-order valence-electron chi connectivity index (χ3n) is 8.70. The molecule has 0 amide bonds. The third kappa shape index (κ3) is 7.69. The molecule has 0 aromatic rings. The van der Waals surface area contributed by atoms with Crippen molar-refractivity contribution < 1.29 is 24.9 Å². The molecular weight excluding hydrogens is 464 g/mol. The normalized spacial score (nSPS) is 33.0. The highest BCUT2D eigenvalue weighted by Gasteiger charge is 2.50. The summed E-state index contributed by atoms with van der Waals surface area (Å²) in [4.78, 5) is 11.1. The van der Waals surface area contributed by atoms with Crippen LogP contribution in [0, 0.1) is 35.0 Å². The number of ether oxygens (including phenoxy) is 1. The van der Waals surface area contributed by atoms with E-state index in [0.717, 1.165) is 49.7 Å². The number of aliphatic hydroxyl groups is 3. The summed E-state index contributed by atoms with van der Waals surface area (Å²) in [5.41, 5.74) is 3.29. The molecule has 0 aliphatic heterocycles. The number of aliphatic hydroxyl groups excluding tert-OH is 2. The van der Waals surface area contributed by atoms with Crippen LogP contribution in [0.25, 0.3) is 0 Å². The van der Waals surface area contributed by atoms with Crippen molar-refractivity contribution in [3.05, 3.63) is 47.1 Å². The summed E-state index contributed by atoms with van der Waals surface area (Å²) in [5, 5.41) is 30.6. The molecule has 0 aromatic carbocycles. The number of allylic oxidation sites excluding steroid dienone is 5.